The Kier molecular flexibility index (Phi) is 7.76. The quantitative estimate of drug-likeness (QED) is 0.378. The summed E-state index contributed by atoms with van der Waals surface area (Å²) in [6.07, 6.45) is 10.5. The van der Waals surface area contributed by atoms with Gasteiger partial charge in [0.15, 0.2) is 0 Å². The molecule has 0 spiro atoms. The van der Waals surface area contributed by atoms with Crippen LogP contribution < -0.4 is 0 Å². The Morgan fingerprint density at radius 1 is 0.889 bits per heavy atom. The van der Waals surface area contributed by atoms with Crippen LogP contribution in [-0.2, 0) is 0 Å². The summed E-state index contributed by atoms with van der Waals surface area (Å²) < 4.78 is 0. The maximum Gasteiger partial charge on any atom is 0.0875 e. The van der Waals surface area contributed by atoms with Gasteiger partial charge in [-0.3, -0.25) is 0 Å². The van der Waals surface area contributed by atoms with E-state index in [1.54, 1.807) is 0 Å². The molecule has 0 unspecified atom stereocenters. The second-order valence-electron chi connectivity index (χ2n) is 2.57. The van der Waals surface area contributed by atoms with Gasteiger partial charge in [-0.1, -0.05) is 26.7 Å². The van der Waals surface area contributed by atoms with Crippen molar-refractivity contribution in [3.63, 3.8) is 0 Å². The van der Waals surface area contributed by atoms with E-state index in [-0.39, 0.29) is 0 Å². The molecule has 0 heteroatoms. The Morgan fingerprint density at radius 3 is 1.67 bits per heavy atom. The van der Waals surface area contributed by atoms with Crippen molar-refractivity contribution >= 4 is 0 Å². The van der Waals surface area contributed by atoms with Crippen LogP contribution in [0.3, 0.4) is 0 Å². The summed E-state index contributed by atoms with van der Waals surface area (Å²) >= 11 is 0. The summed E-state index contributed by atoms with van der Waals surface area (Å²) in [5.41, 5.74) is 0. The molecule has 0 rings (SSSR count). The molecule has 0 atom stereocenters. The lowest BCUT2D eigenvalue weighted by atomic mass is 10.1. The van der Waals surface area contributed by atoms with E-state index in [2.05, 4.69) is 20.3 Å². The van der Waals surface area contributed by atoms with E-state index in [9.17, 15) is 0 Å². The molecule has 0 amide bonds. The first-order valence-electron chi connectivity index (χ1n) is 4.23. The summed E-state index contributed by atoms with van der Waals surface area (Å²) in [5, 5.41) is 0. The van der Waals surface area contributed by atoms with Gasteiger partial charge >= 0.3 is 0 Å². The van der Waals surface area contributed by atoms with Gasteiger partial charge in [-0.2, -0.15) is 0 Å². The van der Waals surface area contributed by atoms with Gasteiger partial charge in [0.05, 0.1) is 19.3 Å². The number of hydrogen-bond donors (Lipinski definition) is 0. The van der Waals surface area contributed by atoms with Gasteiger partial charge in [-0.25, -0.2) is 0 Å². The Hall–Kier alpha value is -0.130. The van der Waals surface area contributed by atoms with E-state index in [0.717, 1.165) is 0 Å². The number of hydrogen-bond acceptors (Lipinski definition) is 0. The molecule has 0 aromatic carbocycles. The zero-order valence-corrected chi connectivity index (χ0v) is 6.82. The van der Waals surface area contributed by atoms with Gasteiger partial charge in [0, 0.05) is 0 Å². The van der Waals surface area contributed by atoms with Crippen molar-refractivity contribution in [3.8, 4) is 0 Å². The second-order valence-corrected chi connectivity index (χ2v) is 2.57. The first-order valence-corrected chi connectivity index (χ1v) is 4.23. The molecule has 0 bridgehead atoms. The highest BCUT2D eigenvalue weighted by Gasteiger charge is 1.94. The average Bonchev–Trinajstić information content (AvgIpc) is 1.89. The molecule has 0 aromatic heterocycles. The van der Waals surface area contributed by atoms with Crippen molar-refractivity contribution in [2.45, 2.75) is 52.4 Å². The van der Waals surface area contributed by atoms with E-state index < -0.39 is 0 Å². The second kappa shape index (κ2) is 7.87. The highest BCUT2D eigenvalue weighted by atomic mass is 13.9. The van der Waals surface area contributed by atoms with Crippen LogP contribution in [-0.4, -0.2) is 0 Å². The van der Waals surface area contributed by atoms with Crippen LogP contribution >= 0.6 is 0 Å². The Labute approximate surface area is 59.7 Å². The SMILES string of the molecule is CCCC[CH+]CCCC. The maximum absolute atomic E-state index is 2.42. The van der Waals surface area contributed by atoms with Gasteiger partial charge < -0.3 is 0 Å². The molecule has 0 aromatic rings. The van der Waals surface area contributed by atoms with E-state index in [1.165, 1.54) is 38.5 Å². The first-order chi connectivity index (χ1) is 4.41. The van der Waals surface area contributed by atoms with E-state index in [4.69, 9.17) is 0 Å². The Morgan fingerprint density at radius 2 is 1.33 bits per heavy atom. The maximum atomic E-state index is 2.42. The third-order valence-corrected chi connectivity index (χ3v) is 1.52. The summed E-state index contributed by atoms with van der Waals surface area (Å²) in [5.74, 6) is 0. The minimum absolute atomic E-state index is 1.33. The van der Waals surface area contributed by atoms with Crippen LogP contribution in [0, 0.1) is 6.42 Å². The van der Waals surface area contributed by atoms with Gasteiger partial charge in [0.1, 0.15) is 0 Å². The van der Waals surface area contributed by atoms with Gasteiger partial charge in [0.25, 0.3) is 0 Å². The van der Waals surface area contributed by atoms with Crippen LogP contribution in [0.15, 0.2) is 0 Å². The molecular formula is C9H19+. The van der Waals surface area contributed by atoms with Crippen molar-refractivity contribution in [1.29, 1.82) is 0 Å². The molecule has 9 heavy (non-hydrogen) atoms. The summed E-state index contributed by atoms with van der Waals surface area (Å²) in [4.78, 5) is 0. The van der Waals surface area contributed by atoms with Gasteiger partial charge in [0.2, 0.25) is 0 Å². The monoisotopic (exact) mass is 127 g/mol. The standard InChI is InChI=1S/C9H19/c1-3-5-7-9-8-6-4-2/h9H,3-8H2,1-2H3/q+1. The van der Waals surface area contributed by atoms with Crippen molar-refractivity contribution in [2.24, 2.45) is 0 Å². The van der Waals surface area contributed by atoms with E-state index >= 15 is 0 Å². The van der Waals surface area contributed by atoms with Crippen LogP contribution in [0.5, 0.6) is 0 Å². The molecule has 54 valence electrons. The van der Waals surface area contributed by atoms with Crippen molar-refractivity contribution in [2.75, 3.05) is 0 Å². The number of rotatable bonds is 6. The van der Waals surface area contributed by atoms with Crippen LogP contribution in [0.2, 0.25) is 0 Å². The molecule has 0 aliphatic carbocycles. The number of unbranched alkanes of at least 4 members (excludes halogenated alkanes) is 6. The van der Waals surface area contributed by atoms with Crippen LogP contribution in [0.25, 0.3) is 0 Å². The zero-order valence-electron chi connectivity index (χ0n) is 6.82. The highest BCUT2D eigenvalue weighted by Crippen LogP contribution is 2.04. The lowest BCUT2D eigenvalue weighted by molar-refractivity contribution is 0.707. The molecule has 0 aliphatic heterocycles. The fraction of sp³-hybridized carbons (Fsp3) is 0.889. The molecule has 0 heterocycles. The molecule has 0 saturated heterocycles. The highest BCUT2D eigenvalue weighted by molar-refractivity contribution is 4.62. The normalized spacial score (nSPS) is 9.56. The summed E-state index contributed by atoms with van der Waals surface area (Å²) in [6, 6.07) is 0. The minimum Gasteiger partial charge on any atom is -0.0652 e. The smallest absolute Gasteiger partial charge is 0.0652 e. The fourth-order valence-electron chi connectivity index (χ4n) is 0.841. The van der Waals surface area contributed by atoms with Gasteiger partial charge in [-0.05, 0) is 12.8 Å². The lowest BCUT2D eigenvalue weighted by Gasteiger charge is -1.87. The third kappa shape index (κ3) is 7.87. The fourth-order valence-corrected chi connectivity index (χ4v) is 0.841. The topological polar surface area (TPSA) is 0 Å². The van der Waals surface area contributed by atoms with Crippen LogP contribution in [0.4, 0.5) is 0 Å². The van der Waals surface area contributed by atoms with Crippen molar-refractivity contribution in [3.05, 3.63) is 6.42 Å². The van der Waals surface area contributed by atoms with Crippen LogP contribution in [0.1, 0.15) is 52.4 Å². The summed E-state index contributed by atoms with van der Waals surface area (Å²) in [7, 11) is 0. The van der Waals surface area contributed by atoms with Gasteiger partial charge in [-0.15, -0.1) is 0 Å². The minimum atomic E-state index is 1.33. The Bertz CT molecular complexity index is 33.3. The third-order valence-electron chi connectivity index (χ3n) is 1.52. The molecule has 0 nitrogen and oxygen atoms in total. The summed E-state index contributed by atoms with van der Waals surface area (Å²) in [6.45, 7) is 4.49. The Balaban J connectivity index is 2.60. The zero-order chi connectivity index (χ0) is 6.95. The average molecular weight is 127 g/mol. The molecule has 0 fully saturated rings. The molecular weight excluding hydrogens is 108 g/mol. The molecule has 0 saturated carbocycles. The predicted octanol–water partition coefficient (Wildman–Crippen LogP) is 3.57. The predicted molar refractivity (Wildman–Crippen MR) is 43.4 cm³/mol. The van der Waals surface area contributed by atoms with Crippen molar-refractivity contribution < 1.29 is 0 Å². The van der Waals surface area contributed by atoms with E-state index in [1.807, 2.05) is 0 Å². The molecule has 0 aliphatic rings. The van der Waals surface area contributed by atoms with E-state index in [0.29, 0.717) is 0 Å². The largest absolute Gasteiger partial charge is 0.0875 e. The lowest BCUT2D eigenvalue weighted by Crippen LogP contribution is -1.77. The first kappa shape index (κ1) is 8.87. The van der Waals surface area contributed by atoms with Crippen molar-refractivity contribution in [1.82, 2.24) is 0 Å². The molecule has 0 N–H and O–H groups in total. The molecule has 0 radical (unpaired) electrons.